The largest absolute Gasteiger partial charge is 1.00 e. The zero-order valence-electron chi connectivity index (χ0n) is 2.30. The first-order chi connectivity index (χ1) is 1.41. The second kappa shape index (κ2) is 25.0. The Morgan fingerprint density at radius 1 is 1.60 bits per heavy atom. The van der Waals surface area contributed by atoms with Crippen LogP contribution in [0.3, 0.4) is 0 Å². The minimum Gasteiger partial charge on any atom is -0.379 e. The summed E-state index contributed by atoms with van der Waals surface area (Å²) in [6.07, 6.45) is 0. The van der Waals surface area contributed by atoms with E-state index >= 15 is 0 Å². The molecule has 5 heavy (non-hydrogen) atoms. The fraction of sp³-hybridized carbons (Fsp3) is 0. The van der Waals surface area contributed by atoms with Crippen LogP contribution in [0.2, 0.25) is 0 Å². The fourth-order valence-electron chi connectivity index (χ4n) is 0. The van der Waals surface area contributed by atoms with Gasteiger partial charge in [-0.1, -0.05) is 8.41 Å². The van der Waals surface area contributed by atoms with Crippen molar-refractivity contribution in [1.82, 2.24) is 0 Å². The van der Waals surface area contributed by atoms with Crippen molar-refractivity contribution in [2.45, 2.75) is 0 Å². The minimum atomic E-state index is 0. The first-order valence-electron chi connectivity index (χ1n) is 0.383. The second-order valence-corrected chi connectivity index (χ2v) is 0.0816. The van der Waals surface area contributed by atoms with Crippen LogP contribution in [0.4, 0.5) is 0 Å². The van der Waals surface area contributed by atoms with Crippen LogP contribution in [-0.4, -0.2) is 13.6 Å². The predicted molar refractivity (Wildman–Crippen MR) is 18.9 cm³/mol. The van der Waals surface area contributed by atoms with Crippen LogP contribution in [0.5, 0.6) is 0 Å². The molecule has 0 saturated carbocycles. The monoisotopic (exact) mass is 85.0 g/mol. The molecule has 0 atom stereocenters. The van der Waals surface area contributed by atoms with Gasteiger partial charge in [0.2, 0.25) is 0 Å². The molecule has 26 valence electrons. The molecule has 5 heteroatoms. The molecule has 0 radical (unpaired) electrons. The fourth-order valence-corrected chi connectivity index (χ4v) is 0. The minimum absolute atomic E-state index is 0. The molecule has 0 spiro atoms. The summed E-state index contributed by atoms with van der Waals surface area (Å²) in [6.45, 7) is 0. The maximum atomic E-state index is 8.11. The van der Waals surface area contributed by atoms with Crippen molar-refractivity contribution in [3.63, 3.8) is 0 Å². The molecule has 0 bridgehead atoms. The van der Waals surface area contributed by atoms with E-state index in [1.807, 2.05) is 0 Å². The SMILES string of the molecule is O=NO.[BH4-].[Na+]. The van der Waals surface area contributed by atoms with Gasteiger partial charge in [0.25, 0.3) is 0 Å². The molecular formula is H5BNNaO2. The second-order valence-electron chi connectivity index (χ2n) is 0.0816. The summed E-state index contributed by atoms with van der Waals surface area (Å²) in [5.41, 5.74) is 0. The molecular weight excluding hydrogens is 79.8 g/mol. The number of rotatable bonds is 0. The van der Waals surface area contributed by atoms with E-state index in [4.69, 9.17) is 10.1 Å². The molecule has 0 aromatic carbocycles. The Bertz CT molecular complexity index is 17.1. The Morgan fingerprint density at radius 2 is 1.60 bits per heavy atom. The molecule has 0 heterocycles. The standard InChI is InChI=1S/BH4.HNO2.Na/c;2-1-3;/h1H4;(H,2,3);/q-1;;+1. The molecule has 0 amide bonds. The van der Waals surface area contributed by atoms with Crippen molar-refractivity contribution >= 4 is 8.41 Å². The van der Waals surface area contributed by atoms with E-state index in [0.29, 0.717) is 0 Å². The van der Waals surface area contributed by atoms with Gasteiger partial charge in [-0.2, -0.15) is 0 Å². The first kappa shape index (κ1) is 17.9. The molecule has 0 aromatic heterocycles. The van der Waals surface area contributed by atoms with Gasteiger partial charge in [0, 0.05) is 0 Å². The van der Waals surface area contributed by atoms with Crippen LogP contribution >= 0.6 is 0 Å². The van der Waals surface area contributed by atoms with Crippen molar-refractivity contribution in [1.29, 1.82) is 0 Å². The topological polar surface area (TPSA) is 49.7 Å². The third-order valence-corrected chi connectivity index (χ3v) is 0. The van der Waals surface area contributed by atoms with Gasteiger partial charge in [0.15, 0.2) is 5.34 Å². The van der Waals surface area contributed by atoms with Crippen LogP contribution in [-0.2, 0) is 0 Å². The number of nitrogens with zero attached hydrogens (tertiary/aromatic N) is 1. The van der Waals surface area contributed by atoms with Crippen molar-refractivity contribution in [3.05, 3.63) is 4.91 Å². The van der Waals surface area contributed by atoms with Gasteiger partial charge >= 0.3 is 29.6 Å². The van der Waals surface area contributed by atoms with E-state index in [2.05, 4.69) is 0 Å². The molecule has 0 unspecified atom stereocenters. The molecule has 0 saturated heterocycles. The molecule has 0 aromatic rings. The molecule has 0 aliphatic heterocycles. The van der Waals surface area contributed by atoms with Crippen molar-refractivity contribution in [2.75, 3.05) is 0 Å². The number of hydrogen-bond donors (Lipinski definition) is 1. The third kappa shape index (κ3) is 125. The summed E-state index contributed by atoms with van der Waals surface area (Å²) >= 11 is 0. The van der Waals surface area contributed by atoms with Crippen LogP contribution in [0, 0.1) is 4.91 Å². The van der Waals surface area contributed by atoms with E-state index in [1.54, 1.807) is 0 Å². The normalized spacial score (nSPS) is 2.40. The van der Waals surface area contributed by atoms with Crippen molar-refractivity contribution < 1.29 is 34.8 Å². The summed E-state index contributed by atoms with van der Waals surface area (Å²) in [7, 11) is 0. The average Bonchev–Trinajstić information content (AvgIpc) is 0.918. The summed E-state index contributed by atoms with van der Waals surface area (Å²) in [4.78, 5) is 8.11. The van der Waals surface area contributed by atoms with E-state index < -0.39 is 0 Å². The van der Waals surface area contributed by atoms with Gasteiger partial charge in [0.1, 0.15) is 0 Å². The smallest absolute Gasteiger partial charge is 0.379 e. The van der Waals surface area contributed by atoms with Gasteiger partial charge < -0.3 is 5.21 Å². The van der Waals surface area contributed by atoms with Crippen LogP contribution in [0.1, 0.15) is 0 Å². The Labute approximate surface area is 53.6 Å². The zero-order valence-corrected chi connectivity index (χ0v) is 4.30. The van der Waals surface area contributed by atoms with E-state index in [9.17, 15) is 0 Å². The molecule has 1 N–H and O–H groups in total. The van der Waals surface area contributed by atoms with Gasteiger partial charge in [-0.3, -0.25) is 0 Å². The van der Waals surface area contributed by atoms with Crippen molar-refractivity contribution in [2.24, 2.45) is 5.34 Å². The predicted octanol–water partition coefficient (Wildman–Crippen LogP) is -4.31. The van der Waals surface area contributed by atoms with Gasteiger partial charge in [-0.25, -0.2) is 0 Å². The summed E-state index contributed by atoms with van der Waals surface area (Å²) in [5.74, 6) is 0. The molecule has 0 aliphatic carbocycles. The van der Waals surface area contributed by atoms with E-state index in [-0.39, 0.29) is 38.0 Å². The van der Waals surface area contributed by atoms with E-state index in [1.165, 1.54) is 5.34 Å². The summed E-state index contributed by atoms with van der Waals surface area (Å²) < 4.78 is 0. The number of hydrogen-bond acceptors (Lipinski definition) is 2. The van der Waals surface area contributed by atoms with Crippen LogP contribution < -0.4 is 29.6 Å². The Morgan fingerprint density at radius 3 is 1.60 bits per heavy atom. The summed E-state index contributed by atoms with van der Waals surface area (Å²) in [6, 6.07) is 0. The van der Waals surface area contributed by atoms with Crippen LogP contribution in [0.25, 0.3) is 0 Å². The quantitative estimate of drug-likeness (QED) is 0.184. The Kier molecular flexibility index (Phi) is 89.6. The van der Waals surface area contributed by atoms with Gasteiger partial charge in [0.05, 0.1) is 0 Å². The Hall–Kier alpha value is 0.465. The van der Waals surface area contributed by atoms with E-state index in [0.717, 1.165) is 0 Å². The van der Waals surface area contributed by atoms with Crippen LogP contribution in [0.15, 0.2) is 5.34 Å². The van der Waals surface area contributed by atoms with Gasteiger partial charge in [-0.05, 0) is 0 Å². The average molecular weight is 84.8 g/mol. The van der Waals surface area contributed by atoms with Gasteiger partial charge in [-0.15, -0.1) is 4.91 Å². The molecule has 3 nitrogen and oxygen atoms in total. The zero-order chi connectivity index (χ0) is 2.71. The molecule has 0 rings (SSSR count). The molecule has 0 aliphatic rings. The van der Waals surface area contributed by atoms with Crippen molar-refractivity contribution in [3.8, 4) is 0 Å². The maximum absolute atomic E-state index is 8.11. The first-order valence-corrected chi connectivity index (χ1v) is 0.383. The summed E-state index contributed by atoms with van der Waals surface area (Å²) in [5, 5.41) is 7.89. The maximum Gasteiger partial charge on any atom is 1.00 e. The Balaban J connectivity index is -0.0000000200. The third-order valence-electron chi connectivity index (χ3n) is 0. The molecule has 0 fully saturated rings.